The van der Waals surface area contributed by atoms with E-state index in [0.29, 0.717) is 34.1 Å². The van der Waals surface area contributed by atoms with Crippen LogP contribution in [0.1, 0.15) is 26.5 Å². The molecule has 6 heteroatoms. The molecule has 1 aromatic heterocycles. The van der Waals surface area contributed by atoms with Crippen molar-refractivity contribution in [1.82, 2.24) is 10.1 Å². The number of aryl methyl sites for hydroxylation is 1. The lowest BCUT2D eigenvalue weighted by atomic mass is 10.1. The molecule has 0 aliphatic carbocycles. The fraction of sp³-hybridized carbons (Fsp3) is 0.0588. The highest BCUT2D eigenvalue weighted by Gasteiger charge is 2.36. The molecule has 0 saturated heterocycles. The SMILES string of the molecule is Cc1noc(-c2cccc(N3C(=O)c4ccccc4C3=O)c2)n1. The van der Waals surface area contributed by atoms with Gasteiger partial charge in [-0.15, -0.1) is 0 Å². The van der Waals surface area contributed by atoms with Crippen molar-refractivity contribution in [3.8, 4) is 11.5 Å². The Labute approximate surface area is 131 Å². The second-order valence-electron chi connectivity index (χ2n) is 5.19. The molecule has 0 saturated carbocycles. The Morgan fingerprint density at radius 1 is 0.957 bits per heavy atom. The predicted octanol–water partition coefficient (Wildman–Crippen LogP) is 2.85. The van der Waals surface area contributed by atoms with Gasteiger partial charge in [-0.3, -0.25) is 9.59 Å². The quantitative estimate of drug-likeness (QED) is 0.680. The molecule has 1 aliphatic rings. The van der Waals surface area contributed by atoms with Gasteiger partial charge in [0.1, 0.15) is 0 Å². The summed E-state index contributed by atoms with van der Waals surface area (Å²) in [5.74, 6) is 0.209. The van der Waals surface area contributed by atoms with Gasteiger partial charge in [-0.1, -0.05) is 23.4 Å². The van der Waals surface area contributed by atoms with Gasteiger partial charge in [0, 0.05) is 5.56 Å². The molecule has 2 heterocycles. The maximum Gasteiger partial charge on any atom is 0.266 e. The van der Waals surface area contributed by atoms with Crippen LogP contribution in [-0.2, 0) is 0 Å². The maximum absolute atomic E-state index is 12.5. The van der Waals surface area contributed by atoms with Gasteiger partial charge in [0.2, 0.25) is 0 Å². The number of hydrogen-bond donors (Lipinski definition) is 0. The third-order valence-electron chi connectivity index (χ3n) is 3.67. The topological polar surface area (TPSA) is 76.3 Å². The number of carbonyl (C=O) groups is 2. The molecular weight excluding hydrogens is 294 g/mol. The second kappa shape index (κ2) is 4.88. The standard InChI is InChI=1S/C17H11N3O3/c1-10-18-15(23-19-10)11-5-4-6-12(9-11)20-16(21)13-7-2-3-8-14(13)17(20)22/h2-9H,1H3. The summed E-state index contributed by atoms with van der Waals surface area (Å²) in [6.45, 7) is 1.72. The molecule has 1 aliphatic heterocycles. The van der Waals surface area contributed by atoms with E-state index in [4.69, 9.17) is 4.52 Å². The summed E-state index contributed by atoms with van der Waals surface area (Å²) >= 11 is 0. The van der Waals surface area contributed by atoms with Crippen LogP contribution in [0, 0.1) is 6.92 Å². The van der Waals surface area contributed by atoms with Crippen LogP contribution in [0.15, 0.2) is 53.1 Å². The molecule has 0 spiro atoms. The molecule has 3 aromatic rings. The van der Waals surface area contributed by atoms with Crippen molar-refractivity contribution in [3.05, 3.63) is 65.5 Å². The molecule has 0 fully saturated rings. The monoisotopic (exact) mass is 305 g/mol. The molecule has 23 heavy (non-hydrogen) atoms. The van der Waals surface area contributed by atoms with Crippen LogP contribution in [0.5, 0.6) is 0 Å². The molecule has 112 valence electrons. The van der Waals surface area contributed by atoms with Crippen molar-refractivity contribution in [1.29, 1.82) is 0 Å². The van der Waals surface area contributed by atoms with Crippen molar-refractivity contribution < 1.29 is 14.1 Å². The number of amides is 2. The summed E-state index contributed by atoms with van der Waals surface area (Å²) in [6, 6.07) is 13.7. The van der Waals surface area contributed by atoms with Crippen LogP contribution < -0.4 is 4.90 Å². The van der Waals surface area contributed by atoms with Gasteiger partial charge >= 0.3 is 0 Å². The molecule has 0 radical (unpaired) electrons. The zero-order valence-electron chi connectivity index (χ0n) is 12.2. The maximum atomic E-state index is 12.5. The van der Waals surface area contributed by atoms with E-state index in [2.05, 4.69) is 10.1 Å². The third-order valence-corrected chi connectivity index (χ3v) is 3.67. The largest absolute Gasteiger partial charge is 0.334 e. The zero-order chi connectivity index (χ0) is 16.0. The van der Waals surface area contributed by atoms with Gasteiger partial charge in [-0.25, -0.2) is 4.90 Å². The number of rotatable bonds is 2. The van der Waals surface area contributed by atoms with Gasteiger partial charge in [-0.05, 0) is 37.3 Å². The normalized spacial score (nSPS) is 13.5. The Morgan fingerprint density at radius 3 is 2.26 bits per heavy atom. The minimum atomic E-state index is -0.329. The second-order valence-corrected chi connectivity index (χ2v) is 5.19. The Balaban J connectivity index is 1.78. The molecule has 0 atom stereocenters. The third kappa shape index (κ3) is 2.03. The lowest BCUT2D eigenvalue weighted by Crippen LogP contribution is -2.29. The van der Waals surface area contributed by atoms with Gasteiger partial charge in [0.05, 0.1) is 16.8 Å². The van der Waals surface area contributed by atoms with E-state index in [9.17, 15) is 9.59 Å². The summed E-state index contributed by atoms with van der Waals surface area (Å²) in [5, 5.41) is 3.75. The molecule has 2 aromatic carbocycles. The lowest BCUT2D eigenvalue weighted by molar-refractivity contribution is 0.0926. The van der Waals surface area contributed by atoms with E-state index in [0.717, 1.165) is 4.90 Å². The van der Waals surface area contributed by atoms with Crippen molar-refractivity contribution in [2.24, 2.45) is 0 Å². The van der Waals surface area contributed by atoms with Crippen LogP contribution in [0.2, 0.25) is 0 Å². The molecule has 4 rings (SSSR count). The predicted molar refractivity (Wildman–Crippen MR) is 82.1 cm³/mol. The zero-order valence-corrected chi connectivity index (χ0v) is 12.2. The minimum Gasteiger partial charge on any atom is -0.334 e. The Kier molecular flexibility index (Phi) is 2.84. The number of aromatic nitrogens is 2. The summed E-state index contributed by atoms with van der Waals surface area (Å²) in [6.07, 6.45) is 0. The van der Waals surface area contributed by atoms with E-state index in [1.54, 1.807) is 55.5 Å². The van der Waals surface area contributed by atoms with Crippen LogP contribution in [-0.4, -0.2) is 22.0 Å². The highest BCUT2D eigenvalue weighted by Crippen LogP contribution is 2.30. The van der Waals surface area contributed by atoms with Crippen molar-refractivity contribution in [2.45, 2.75) is 6.92 Å². The molecular formula is C17H11N3O3. The number of imide groups is 1. The summed E-state index contributed by atoms with van der Waals surface area (Å²) in [7, 11) is 0. The van der Waals surface area contributed by atoms with E-state index >= 15 is 0 Å². The average molecular weight is 305 g/mol. The highest BCUT2D eigenvalue weighted by atomic mass is 16.5. The van der Waals surface area contributed by atoms with Crippen molar-refractivity contribution in [3.63, 3.8) is 0 Å². The summed E-state index contributed by atoms with van der Waals surface area (Å²) < 4.78 is 5.13. The summed E-state index contributed by atoms with van der Waals surface area (Å²) in [5.41, 5.74) is 1.96. The van der Waals surface area contributed by atoms with Gasteiger partial charge in [0.15, 0.2) is 5.82 Å². The number of anilines is 1. The molecule has 2 amide bonds. The number of carbonyl (C=O) groups excluding carboxylic acids is 2. The van der Waals surface area contributed by atoms with Crippen molar-refractivity contribution >= 4 is 17.5 Å². The number of benzene rings is 2. The van der Waals surface area contributed by atoms with Crippen LogP contribution in [0.25, 0.3) is 11.5 Å². The fourth-order valence-electron chi connectivity index (χ4n) is 2.62. The fourth-order valence-corrected chi connectivity index (χ4v) is 2.62. The van der Waals surface area contributed by atoms with E-state index in [-0.39, 0.29) is 11.8 Å². The van der Waals surface area contributed by atoms with Crippen molar-refractivity contribution in [2.75, 3.05) is 4.90 Å². The van der Waals surface area contributed by atoms with Gasteiger partial charge < -0.3 is 4.52 Å². The number of hydrogen-bond acceptors (Lipinski definition) is 5. The average Bonchev–Trinajstić information content (AvgIpc) is 3.11. The molecule has 0 bridgehead atoms. The van der Waals surface area contributed by atoms with Gasteiger partial charge in [-0.2, -0.15) is 4.98 Å². The Hall–Kier alpha value is -3.28. The van der Waals surface area contributed by atoms with Crippen LogP contribution >= 0.6 is 0 Å². The van der Waals surface area contributed by atoms with E-state index in [1.165, 1.54) is 0 Å². The summed E-state index contributed by atoms with van der Waals surface area (Å²) in [4.78, 5) is 30.4. The smallest absolute Gasteiger partial charge is 0.266 e. The van der Waals surface area contributed by atoms with E-state index < -0.39 is 0 Å². The number of nitrogens with zero attached hydrogens (tertiary/aromatic N) is 3. The first-order chi connectivity index (χ1) is 11.1. The highest BCUT2D eigenvalue weighted by molar-refractivity contribution is 6.34. The number of fused-ring (bicyclic) bond motifs is 1. The first-order valence-electron chi connectivity index (χ1n) is 7.04. The first kappa shape index (κ1) is 13.4. The minimum absolute atomic E-state index is 0.329. The first-order valence-corrected chi connectivity index (χ1v) is 7.04. The molecule has 6 nitrogen and oxygen atoms in total. The molecule has 0 unspecified atom stereocenters. The van der Waals surface area contributed by atoms with Gasteiger partial charge in [0.25, 0.3) is 17.7 Å². The Morgan fingerprint density at radius 2 is 1.65 bits per heavy atom. The lowest BCUT2D eigenvalue weighted by Gasteiger charge is -2.14. The van der Waals surface area contributed by atoms with E-state index in [1.807, 2.05) is 0 Å². The van der Waals surface area contributed by atoms with Crippen LogP contribution in [0.4, 0.5) is 5.69 Å². The molecule has 0 N–H and O–H groups in total. The Bertz CT molecular complexity index is 911. The van der Waals surface area contributed by atoms with Crippen LogP contribution in [0.3, 0.4) is 0 Å².